The topological polar surface area (TPSA) is 73.1 Å². The van der Waals surface area contributed by atoms with Gasteiger partial charge in [-0.05, 0) is 30.0 Å². The first-order chi connectivity index (χ1) is 15.0. The summed E-state index contributed by atoms with van der Waals surface area (Å²) in [7, 11) is 0. The minimum absolute atomic E-state index is 0.0341. The number of thiophene rings is 1. The Morgan fingerprint density at radius 3 is 2.59 bits per heavy atom. The second-order valence-corrected chi connectivity index (χ2v) is 9.65. The predicted molar refractivity (Wildman–Crippen MR) is 120 cm³/mol. The Hall–Kier alpha value is -2.25. The van der Waals surface area contributed by atoms with Crippen LogP contribution in [0.1, 0.15) is 28.1 Å². The number of allylic oxidation sites excluding steroid dienone is 1. The average Bonchev–Trinajstić information content (AvgIpc) is 3.26. The molecule has 0 radical (unpaired) electrons. The highest BCUT2D eigenvalue weighted by Crippen LogP contribution is 2.52. The number of nitrogens with one attached hydrogen (secondary N) is 1. The Morgan fingerprint density at radius 1 is 1.38 bits per heavy atom. The van der Waals surface area contributed by atoms with Crippen molar-refractivity contribution in [2.24, 2.45) is 5.92 Å². The third-order valence-electron chi connectivity index (χ3n) is 4.95. The fourth-order valence-corrected chi connectivity index (χ4v) is 5.42. The molecule has 2 aromatic rings. The van der Waals surface area contributed by atoms with Crippen LogP contribution in [-0.2, 0) is 0 Å². The number of rotatable bonds is 6. The first kappa shape index (κ1) is 24.4. The first-order valence-electron chi connectivity index (χ1n) is 9.32. The molecule has 3 rings (SSSR count). The van der Waals surface area contributed by atoms with Crippen molar-refractivity contribution in [1.82, 2.24) is 5.32 Å². The van der Waals surface area contributed by atoms with Crippen molar-refractivity contribution in [2.75, 3.05) is 5.75 Å². The monoisotopic (exact) mass is 498 g/mol. The molecule has 4 nitrogen and oxygen atoms in total. The molecule has 0 saturated carbocycles. The highest BCUT2D eigenvalue weighted by Gasteiger charge is 2.66. The molecule has 3 atom stereocenters. The van der Waals surface area contributed by atoms with Crippen molar-refractivity contribution in [2.45, 2.75) is 24.7 Å². The van der Waals surface area contributed by atoms with E-state index in [-0.39, 0.29) is 31.8 Å². The molecule has 1 aromatic carbocycles. The summed E-state index contributed by atoms with van der Waals surface area (Å²) in [5.41, 5.74) is -2.93. The molecule has 32 heavy (non-hydrogen) atoms. The Kier molecular flexibility index (Phi) is 7.10. The number of benzene rings is 1. The SMILES string of the molecule is C=C(C)CSC1=C(C#N)[C@H](c2ccccc2Cl)[C@@H](C(=O)c2cccs2)[C@](O)(C(F)(F)F)N1. The van der Waals surface area contributed by atoms with Gasteiger partial charge in [-0.1, -0.05) is 48.0 Å². The van der Waals surface area contributed by atoms with Crippen molar-refractivity contribution >= 4 is 40.5 Å². The highest BCUT2D eigenvalue weighted by molar-refractivity contribution is 8.03. The van der Waals surface area contributed by atoms with E-state index in [1.165, 1.54) is 24.3 Å². The number of Topliss-reactive ketones (excluding diaryl/α,β-unsaturated/α-hetero) is 1. The molecule has 2 heterocycles. The second kappa shape index (κ2) is 9.32. The van der Waals surface area contributed by atoms with E-state index < -0.39 is 29.5 Å². The van der Waals surface area contributed by atoms with Crippen LogP contribution in [0, 0.1) is 17.2 Å². The number of nitriles is 1. The van der Waals surface area contributed by atoms with E-state index in [1.807, 2.05) is 6.07 Å². The van der Waals surface area contributed by atoms with E-state index in [0.717, 1.165) is 23.1 Å². The molecule has 2 N–H and O–H groups in total. The molecule has 0 aliphatic carbocycles. The highest BCUT2D eigenvalue weighted by atomic mass is 35.5. The molecule has 0 amide bonds. The normalized spacial score (nSPS) is 23.4. The quantitative estimate of drug-likeness (QED) is 0.384. The van der Waals surface area contributed by atoms with Gasteiger partial charge in [0.1, 0.15) is 0 Å². The fraction of sp³-hybridized carbons (Fsp3) is 0.273. The van der Waals surface area contributed by atoms with E-state index in [2.05, 4.69) is 11.9 Å². The van der Waals surface area contributed by atoms with Crippen LogP contribution in [0.25, 0.3) is 0 Å². The van der Waals surface area contributed by atoms with Gasteiger partial charge in [0, 0.05) is 16.7 Å². The van der Waals surface area contributed by atoms with Crippen molar-refractivity contribution in [3.8, 4) is 6.07 Å². The summed E-state index contributed by atoms with van der Waals surface area (Å²) in [5.74, 6) is -4.23. The first-order valence-corrected chi connectivity index (χ1v) is 11.6. The van der Waals surface area contributed by atoms with Gasteiger partial charge in [-0.2, -0.15) is 18.4 Å². The van der Waals surface area contributed by atoms with Crippen molar-refractivity contribution in [3.63, 3.8) is 0 Å². The van der Waals surface area contributed by atoms with Gasteiger partial charge in [-0.15, -0.1) is 23.1 Å². The van der Waals surface area contributed by atoms with Crippen LogP contribution in [0.4, 0.5) is 13.2 Å². The molecule has 0 bridgehead atoms. The minimum atomic E-state index is -5.24. The van der Waals surface area contributed by atoms with Gasteiger partial charge in [0.05, 0.1) is 27.5 Å². The van der Waals surface area contributed by atoms with E-state index >= 15 is 0 Å². The summed E-state index contributed by atoms with van der Waals surface area (Å²) in [4.78, 5) is 13.4. The Morgan fingerprint density at radius 2 is 2.06 bits per heavy atom. The van der Waals surface area contributed by atoms with Gasteiger partial charge in [0.15, 0.2) is 5.78 Å². The van der Waals surface area contributed by atoms with Gasteiger partial charge in [0.2, 0.25) is 5.72 Å². The molecule has 0 unspecified atom stereocenters. The molecule has 1 aliphatic heterocycles. The van der Waals surface area contributed by atoms with Crippen LogP contribution in [-0.4, -0.2) is 28.5 Å². The van der Waals surface area contributed by atoms with Crippen LogP contribution >= 0.6 is 34.7 Å². The van der Waals surface area contributed by atoms with Crippen LogP contribution in [0.2, 0.25) is 5.02 Å². The maximum absolute atomic E-state index is 14.3. The van der Waals surface area contributed by atoms with Gasteiger partial charge in [0.25, 0.3) is 0 Å². The second-order valence-electron chi connectivity index (χ2n) is 7.31. The maximum atomic E-state index is 14.3. The molecule has 1 aromatic heterocycles. The largest absolute Gasteiger partial charge is 0.437 e. The fourth-order valence-electron chi connectivity index (χ4n) is 3.52. The Bertz CT molecular complexity index is 1110. The molecule has 0 fully saturated rings. The number of hydrogen-bond acceptors (Lipinski definition) is 6. The van der Waals surface area contributed by atoms with Crippen LogP contribution in [0.15, 0.2) is 64.5 Å². The van der Waals surface area contributed by atoms with Crippen molar-refractivity contribution in [1.29, 1.82) is 5.26 Å². The van der Waals surface area contributed by atoms with E-state index in [0.29, 0.717) is 5.57 Å². The number of halogens is 4. The molecule has 168 valence electrons. The zero-order chi connectivity index (χ0) is 23.7. The van der Waals surface area contributed by atoms with Crippen LogP contribution in [0.3, 0.4) is 0 Å². The molecule has 0 spiro atoms. The number of carbonyl (C=O) groups excluding carboxylic acids is 1. The van der Waals surface area contributed by atoms with E-state index in [9.17, 15) is 28.3 Å². The summed E-state index contributed by atoms with van der Waals surface area (Å²) >= 11 is 8.18. The molecule has 1 aliphatic rings. The molecule has 10 heteroatoms. The number of aliphatic hydroxyl groups is 1. The smallest absolute Gasteiger partial charge is 0.363 e. The maximum Gasteiger partial charge on any atom is 0.437 e. The van der Waals surface area contributed by atoms with Crippen LogP contribution in [0.5, 0.6) is 0 Å². The standard InChI is InChI=1S/C22H18ClF3N2O2S2/c1-12(2)11-32-20-14(10-27)17(13-6-3-4-7-15(13)23)18(19(29)16-8-5-9-31-16)21(30,28-20)22(24,25)26/h3-9,17-18,28,30H,1,11H2,2H3/t17-,18-,21-/m0/s1. The van der Waals surface area contributed by atoms with E-state index in [4.69, 9.17) is 11.6 Å². The predicted octanol–water partition coefficient (Wildman–Crippen LogP) is 5.88. The number of hydrogen-bond donors (Lipinski definition) is 2. The molecular weight excluding hydrogens is 481 g/mol. The molecular formula is C22H18ClF3N2O2S2. The summed E-state index contributed by atoms with van der Waals surface area (Å²) in [6.07, 6.45) is -5.24. The number of ketones is 1. The van der Waals surface area contributed by atoms with Crippen molar-refractivity contribution in [3.05, 3.63) is 80.0 Å². The Balaban J connectivity index is 2.33. The lowest BCUT2D eigenvalue weighted by atomic mass is 9.70. The van der Waals surface area contributed by atoms with Crippen molar-refractivity contribution < 1.29 is 23.1 Å². The lowest BCUT2D eigenvalue weighted by molar-refractivity contribution is -0.285. The summed E-state index contributed by atoms with van der Waals surface area (Å²) < 4.78 is 43.0. The van der Waals surface area contributed by atoms with Crippen LogP contribution < -0.4 is 5.32 Å². The lowest BCUT2D eigenvalue weighted by Gasteiger charge is -2.45. The minimum Gasteiger partial charge on any atom is -0.363 e. The zero-order valence-corrected chi connectivity index (χ0v) is 19.1. The van der Waals surface area contributed by atoms with Gasteiger partial charge in [-0.3, -0.25) is 4.79 Å². The van der Waals surface area contributed by atoms with Gasteiger partial charge in [-0.25, -0.2) is 0 Å². The Labute approximate surface area is 196 Å². The molecule has 0 saturated heterocycles. The number of thioether (sulfide) groups is 1. The van der Waals surface area contributed by atoms with Gasteiger partial charge >= 0.3 is 6.18 Å². The van der Waals surface area contributed by atoms with Gasteiger partial charge < -0.3 is 10.4 Å². The summed E-state index contributed by atoms with van der Waals surface area (Å²) in [6.45, 7) is 5.42. The third-order valence-corrected chi connectivity index (χ3v) is 7.42. The number of alkyl halides is 3. The zero-order valence-electron chi connectivity index (χ0n) is 16.7. The third kappa shape index (κ3) is 4.46. The summed E-state index contributed by atoms with van der Waals surface area (Å²) in [5, 5.41) is 24.5. The summed E-state index contributed by atoms with van der Waals surface area (Å²) in [6, 6.07) is 10.9. The average molecular weight is 499 g/mol. The number of carbonyl (C=O) groups is 1. The number of nitrogens with zero attached hydrogens (tertiary/aromatic N) is 1. The van der Waals surface area contributed by atoms with E-state index in [1.54, 1.807) is 24.4 Å². The lowest BCUT2D eigenvalue weighted by Crippen LogP contribution is -2.66.